The molecule has 5 heterocycles. The van der Waals surface area contributed by atoms with Crippen molar-refractivity contribution >= 4 is 23.0 Å². The van der Waals surface area contributed by atoms with Gasteiger partial charge in [-0.2, -0.15) is 15.3 Å². The Morgan fingerprint density at radius 3 is 2.45 bits per heavy atom. The van der Waals surface area contributed by atoms with Crippen molar-refractivity contribution in [3.8, 4) is 11.3 Å². The first-order valence-electron chi connectivity index (χ1n) is 10.5. The number of aromatic nitrogens is 6. The molecule has 4 aromatic heterocycles. The van der Waals surface area contributed by atoms with E-state index >= 15 is 0 Å². The molecule has 0 N–H and O–H groups in total. The van der Waals surface area contributed by atoms with Gasteiger partial charge in [0.15, 0.2) is 0 Å². The lowest BCUT2D eigenvalue weighted by Crippen LogP contribution is -2.47. The number of anilines is 2. The van der Waals surface area contributed by atoms with Gasteiger partial charge in [-0.25, -0.2) is 9.67 Å². The van der Waals surface area contributed by atoms with Gasteiger partial charge in [0.05, 0.1) is 36.5 Å². The minimum Gasteiger partial charge on any atom is -0.367 e. The van der Waals surface area contributed by atoms with E-state index in [0.29, 0.717) is 16.6 Å². The van der Waals surface area contributed by atoms with E-state index in [9.17, 15) is 4.79 Å². The Bertz CT molecular complexity index is 1300. The highest BCUT2D eigenvalue weighted by atomic mass is 35.5. The number of pyridine rings is 1. The third kappa shape index (κ3) is 4.42. The van der Waals surface area contributed by atoms with Crippen LogP contribution in [0.1, 0.15) is 11.3 Å². The Morgan fingerprint density at radius 2 is 1.79 bits per heavy atom. The molecule has 5 rings (SSSR count). The van der Waals surface area contributed by atoms with Gasteiger partial charge in [-0.05, 0) is 25.1 Å². The summed E-state index contributed by atoms with van der Waals surface area (Å²) in [5.74, 6) is 0.624. The van der Waals surface area contributed by atoms with Gasteiger partial charge in [0.1, 0.15) is 16.6 Å². The number of halogens is 1. The Morgan fingerprint density at radius 1 is 1.00 bits per heavy atom. The molecule has 1 saturated heterocycles. The van der Waals surface area contributed by atoms with Crippen molar-refractivity contribution in [2.24, 2.45) is 0 Å². The molecule has 0 spiro atoms. The topological polar surface area (TPSA) is 106 Å². The fraction of sp³-hybridized carbons (Fsp3) is 0.273. The number of hydrogen-bond acceptors (Lipinski definition) is 9. The summed E-state index contributed by atoms with van der Waals surface area (Å²) < 4.78 is 6.79. The van der Waals surface area contributed by atoms with Crippen molar-refractivity contribution in [2.45, 2.75) is 13.5 Å². The molecule has 0 saturated carbocycles. The molecule has 1 aliphatic rings. The molecule has 0 aromatic carbocycles. The summed E-state index contributed by atoms with van der Waals surface area (Å²) in [7, 11) is 0. The van der Waals surface area contributed by atoms with Crippen molar-refractivity contribution in [3.05, 3.63) is 75.9 Å². The predicted molar refractivity (Wildman–Crippen MR) is 124 cm³/mol. The molecule has 10 nitrogen and oxygen atoms in total. The molecule has 0 unspecified atom stereocenters. The van der Waals surface area contributed by atoms with Crippen LogP contribution in [0.5, 0.6) is 0 Å². The van der Waals surface area contributed by atoms with Crippen LogP contribution in [-0.2, 0) is 6.54 Å². The third-order valence-corrected chi connectivity index (χ3v) is 5.95. The number of hydrogen-bond donors (Lipinski definition) is 0. The lowest BCUT2D eigenvalue weighted by molar-refractivity contribution is 0.397. The maximum absolute atomic E-state index is 12.9. The van der Waals surface area contributed by atoms with E-state index in [1.807, 2.05) is 19.1 Å². The maximum Gasteiger partial charge on any atom is 0.269 e. The van der Waals surface area contributed by atoms with E-state index in [0.717, 1.165) is 48.7 Å². The Kier molecular flexibility index (Phi) is 5.74. The molecule has 0 aliphatic carbocycles. The number of piperazine rings is 1. The summed E-state index contributed by atoms with van der Waals surface area (Å²) >= 11 is 5.89. The molecule has 1 fully saturated rings. The van der Waals surface area contributed by atoms with E-state index in [1.165, 1.54) is 4.68 Å². The van der Waals surface area contributed by atoms with Crippen molar-refractivity contribution in [2.75, 3.05) is 36.0 Å². The number of rotatable bonds is 5. The SMILES string of the molecule is Cc1onc(-c2ccc(Cl)nc2)c1Cn1ncc(N2CCN(c3ccnnc3)CC2)cc1=O. The highest BCUT2D eigenvalue weighted by molar-refractivity contribution is 6.29. The van der Waals surface area contributed by atoms with Crippen molar-refractivity contribution in [1.82, 2.24) is 30.1 Å². The van der Waals surface area contributed by atoms with Gasteiger partial charge < -0.3 is 14.3 Å². The average molecular weight is 465 g/mol. The van der Waals surface area contributed by atoms with Crippen LogP contribution in [0.3, 0.4) is 0 Å². The van der Waals surface area contributed by atoms with Gasteiger partial charge in [0.25, 0.3) is 5.56 Å². The van der Waals surface area contributed by atoms with Crippen LogP contribution in [0, 0.1) is 6.92 Å². The summed E-state index contributed by atoms with van der Waals surface area (Å²) in [6, 6.07) is 7.08. The molecule has 1 aliphatic heterocycles. The van der Waals surface area contributed by atoms with E-state index < -0.39 is 0 Å². The maximum atomic E-state index is 12.9. The fourth-order valence-corrected chi connectivity index (χ4v) is 3.99. The first kappa shape index (κ1) is 21.1. The van der Waals surface area contributed by atoms with E-state index in [4.69, 9.17) is 16.1 Å². The number of aryl methyl sites for hydroxylation is 1. The minimum absolute atomic E-state index is 0.186. The molecule has 11 heteroatoms. The molecular weight excluding hydrogens is 444 g/mol. The highest BCUT2D eigenvalue weighted by Gasteiger charge is 2.20. The first-order chi connectivity index (χ1) is 16.1. The van der Waals surface area contributed by atoms with Crippen LogP contribution in [0.4, 0.5) is 11.4 Å². The predicted octanol–water partition coefficient (Wildman–Crippen LogP) is 2.42. The van der Waals surface area contributed by atoms with Crippen LogP contribution >= 0.6 is 11.6 Å². The second-order valence-corrected chi connectivity index (χ2v) is 8.11. The van der Waals surface area contributed by atoms with Gasteiger partial charge in [0.2, 0.25) is 0 Å². The van der Waals surface area contributed by atoms with Gasteiger partial charge >= 0.3 is 0 Å². The standard InChI is InChI=1S/C22H21ClN8O2/c1-15-19(22(28-33-15)16-2-3-20(23)24-11-16)14-31-21(32)10-18(13-27-31)30-8-6-29(7-9-30)17-4-5-25-26-12-17/h2-5,10-13H,6-9,14H2,1H3. The van der Waals surface area contributed by atoms with Crippen molar-refractivity contribution in [1.29, 1.82) is 0 Å². The molecule has 0 atom stereocenters. The normalized spacial score (nSPS) is 14.0. The first-order valence-corrected chi connectivity index (χ1v) is 10.9. The zero-order chi connectivity index (χ0) is 22.8. The lowest BCUT2D eigenvalue weighted by Gasteiger charge is -2.36. The van der Waals surface area contributed by atoms with E-state index in [-0.39, 0.29) is 12.1 Å². The lowest BCUT2D eigenvalue weighted by atomic mass is 10.1. The summed E-state index contributed by atoms with van der Waals surface area (Å²) in [4.78, 5) is 21.4. The average Bonchev–Trinajstić information content (AvgIpc) is 3.21. The van der Waals surface area contributed by atoms with Gasteiger partial charge in [-0.3, -0.25) is 4.79 Å². The molecular formula is C22H21ClN8O2. The smallest absolute Gasteiger partial charge is 0.269 e. The largest absolute Gasteiger partial charge is 0.367 e. The Hall–Kier alpha value is -3.79. The zero-order valence-electron chi connectivity index (χ0n) is 17.9. The van der Waals surface area contributed by atoms with Gasteiger partial charge in [-0.1, -0.05) is 16.8 Å². The third-order valence-electron chi connectivity index (χ3n) is 5.73. The number of nitrogens with zero attached hydrogens (tertiary/aromatic N) is 8. The van der Waals surface area contributed by atoms with Crippen LogP contribution in [0.25, 0.3) is 11.3 Å². The van der Waals surface area contributed by atoms with Crippen molar-refractivity contribution in [3.63, 3.8) is 0 Å². The highest BCUT2D eigenvalue weighted by Crippen LogP contribution is 2.26. The summed E-state index contributed by atoms with van der Waals surface area (Å²) in [5.41, 5.74) is 3.84. The monoisotopic (exact) mass is 464 g/mol. The van der Waals surface area contributed by atoms with Gasteiger partial charge in [0, 0.05) is 49.6 Å². The zero-order valence-corrected chi connectivity index (χ0v) is 18.7. The molecule has 4 aromatic rings. The van der Waals surface area contributed by atoms with E-state index in [2.05, 4.69) is 35.2 Å². The quantitative estimate of drug-likeness (QED) is 0.411. The van der Waals surface area contributed by atoms with Crippen LogP contribution in [-0.4, -0.2) is 56.3 Å². The molecule has 0 bridgehead atoms. The summed E-state index contributed by atoms with van der Waals surface area (Å²) in [5, 5.41) is 16.7. The second kappa shape index (κ2) is 8.99. The Labute approximate surface area is 194 Å². The second-order valence-electron chi connectivity index (χ2n) is 7.72. The van der Waals surface area contributed by atoms with Gasteiger partial charge in [-0.15, -0.1) is 0 Å². The molecule has 0 amide bonds. The van der Waals surface area contributed by atoms with Crippen LogP contribution in [0.2, 0.25) is 5.15 Å². The summed E-state index contributed by atoms with van der Waals surface area (Å²) in [6.45, 7) is 5.28. The van der Waals surface area contributed by atoms with Crippen LogP contribution < -0.4 is 15.4 Å². The van der Waals surface area contributed by atoms with Crippen molar-refractivity contribution < 1.29 is 4.52 Å². The minimum atomic E-state index is -0.186. The molecule has 33 heavy (non-hydrogen) atoms. The molecule has 0 radical (unpaired) electrons. The Balaban J connectivity index is 1.31. The molecule has 168 valence electrons. The van der Waals surface area contributed by atoms with E-state index in [1.54, 1.807) is 36.9 Å². The van der Waals surface area contributed by atoms with Crippen LogP contribution in [0.15, 0.2) is 58.4 Å². The fourth-order valence-electron chi connectivity index (χ4n) is 3.88. The summed E-state index contributed by atoms with van der Waals surface area (Å²) in [6.07, 6.45) is 6.82.